The summed E-state index contributed by atoms with van der Waals surface area (Å²) in [4.78, 5) is 11.9. The number of aromatic nitrogens is 3. The number of carbonyl (C=O) groups is 1. The summed E-state index contributed by atoms with van der Waals surface area (Å²) in [6.07, 6.45) is 5.93. The van der Waals surface area contributed by atoms with Crippen LogP contribution in [-0.2, 0) is 0 Å². The first kappa shape index (κ1) is 14.5. The molecule has 8 heteroatoms. The Labute approximate surface area is 131 Å². The molecule has 116 valence electrons. The van der Waals surface area contributed by atoms with Gasteiger partial charge in [-0.15, -0.1) is 10.2 Å². The first-order chi connectivity index (χ1) is 11.3. The van der Waals surface area contributed by atoms with Crippen LogP contribution in [0.3, 0.4) is 0 Å². The molecule has 0 radical (unpaired) electrons. The van der Waals surface area contributed by atoms with Gasteiger partial charge in [-0.3, -0.25) is 0 Å². The van der Waals surface area contributed by atoms with E-state index in [4.69, 9.17) is 13.9 Å². The van der Waals surface area contributed by atoms with Crippen molar-refractivity contribution in [2.75, 3.05) is 7.11 Å². The van der Waals surface area contributed by atoms with Gasteiger partial charge in [-0.2, -0.15) is 5.10 Å². The van der Waals surface area contributed by atoms with Gasteiger partial charge in [-0.05, 0) is 35.9 Å². The summed E-state index contributed by atoms with van der Waals surface area (Å²) in [5, 5.41) is 11.4. The minimum absolute atomic E-state index is 0.116. The Balaban J connectivity index is 1.78. The molecule has 2 aromatic heterocycles. The molecule has 3 aromatic rings. The molecule has 0 N–H and O–H groups in total. The summed E-state index contributed by atoms with van der Waals surface area (Å²) in [7, 11) is 1.49. The molecule has 0 aliphatic heterocycles. The van der Waals surface area contributed by atoms with Gasteiger partial charge in [-0.1, -0.05) is 0 Å². The van der Waals surface area contributed by atoms with Crippen molar-refractivity contribution in [1.29, 1.82) is 0 Å². The van der Waals surface area contributed by atoms with Crippen molar-refractivity contribution in [2.24, 2.45) is 5.10 Å². The highest BCUT2D eigenvalue weighted by Gasteiger charge is 2.14. The second-order valence-electron chi connectivity index (χ2n) is 4.36. The Bertz CT molecular complexity index is 810. The second-order valence-corrected chi connectivity index (χ2v) is 4.36. The van der Waals surface area contributed by atoms with Crippen molar-refractivity contribution in [3.63, 3.8) is 0 Å². The number of ether oxygens (including phenoxy) is 2. The SMILES string of the molecule is COc1cc(C=Nn2cnnc2)ccc1OC(=O)c1ccco1. The second kappa shape index (κ2) is 6.56. The van der Waals surface area contributed by atoms with Crippen LogP contribution in [0, 0.1) is 0 Å². The zero-order valence-electron chi connectivity index (χ0n) is 12.1. The van der Waals surface area contributed by atoms with E-state index in [-0.39, 0.29) is 11.5 Å². The molecule has 0 amide bonds. The Morgan fingerprint density at radius 2 is 2.09 bits per heavy atom. The van der Waals surface area contributed by atoms with Crippen LogP contribution in [0.15, 0.2) is 58.8 Å². The number of carbonyl (C=O) groups excluding carboxylic acids is 1. The normalized spacial score (nSPS) is 10.8. The molecule has 0 saturated carbocycles. The van der Waals surface area contributed by atoms with E-state index in [0.29, 0.717) is 5.75 Å². The number of hydrogen-bond donors (Lipinski definition) is 0. The van der Waals surface area contributed by atoms with Crippen LogP contribution < -0.4 is 9.47 Å². The van der Waals surface area contributed by atoms with E-state index < -0.39 is 5.97 Å². The molecular weight excluding hydrogens is 300 g/mol. The quantitative estimate of drug-likeness (QED) is 0.406. The largest absolute Gasteiger partial charge is 0.493 e. The highest BCUT2D eigenvalue weighted by molar-refractivity contribution is 5.89. The molecule has 0 fully saturated rings. The van der Waals surface area contributed by atoms with E-state index in [1.807, 2.05) is 0 Å². The molecule has 0 aliphatic rings. The van der Waals surface area contributed by atoms with Crippen molar-refractivity contribution in [1.82, 2.24) is 14.9 Å². The van der Waals surface area contributed by atoms with Crippen LogP contribution in [0.5, 0.6) is 11.5 Å². The Hall–Kier alpha value is -3.42. The predicted octanol–water partition coefficient (Wildman–Crippen LogP) is 1.98. The number of hydrogen-bond acceptors (Lipinski definition) is 7. The van der Waals surface area contributed by atoms with Crippen molar-refractivity contribution < 1.29 is 18.7 Å². The number of methoxy groups -OCH3 is 1. The first-order valence-electron chi connectivity index (χ1n) is 6.59. The molecule has 0 spiro atoms. The van der Waals surface area contributed by atoms with Crippen LogP contribution in [0.4, 0.5) is 0 Å². The van der Waals surface area contributed by atoms with Crippen LogP contribution in [0.2, 0.25) is 0 Å². The lowest BCUT2D eigenvalue weighted by Crippen LogP contribution is -2.08. The van der Waals surface area contributed by atoms with Gasteiger partial charge in [0.25, 0.3) is 0 Å². The zero-order chi connectivity index (χ0) is 16.1. The zero-order valence-corrected chi connectivity index (χ0v) is 12.1. The van der Waals surface area contributed by atoms with E-state index in [2.05, 4.69) is 15.3 Å². The molecule has 0 saturated heterocycles. The van der Waals surface area contributed by atoms with Gasteiger partial charge >= 0.3 is 5.97 Å². The van der Waals surface area contributed by atoms with Gasteiger partial charge in [0.05, 0.1) is 19.6 Å². The molecule has 2 heterocycles. The van der Waals surface area contributed by atoms with Crippen molar-refractivity contribution in [3.05, 3.63) is 60.6 Å². The minimum Gasteiger partial charge on any atom is -0.493 e. The van der Waals surface area contributed by atoms with Crippen LogP contribution in [-0.4, -0.2) is 34.2 Å². The highest BCUT2D eigenvalue weighted by Crippen LogP contribution is 2.28. The van der Waals surface area contributed by atoms with Gasteiger partial charge in [0, 0.05) is 0 Å². The lowest BCUT2D eigenvalue weighted by Gasteiger charge is -2.08. The number of furan rings is 1. The topological polar surface area (TPSA) is 91.7 Å². The van der Waals surface area contributed by atoms with Gasteiger partial charge in [0.1, 0.15) is 12.7 Å². The smallest absolute Gasteiger partial charge is 0.379 e. The Morgan fingerprint density at radius 1 is 1.26 bits per heavy atom. The molecule has 0 aliphatic carbocycles. The standard InChI is InChI=1S/C15H12N4O4/c1-21-14-7-11(8-18-19-9-16-17-10-19)4-5-12(14)23-15(20)13-3-2-6-22-13/h2-10H,1H3. The first-order valence-corrected chi connectivity index (χ1v) is 6.59. The number of benzene rings is 1. The van der Waals surface area contributed by atoms with Crippen LogP contribution in [0.25, 0.3) is 0 Å². The van der Waals surface area contributed by atoms with Gasteiger partial charge in [-0.25, -0.2) is 9.47 Å². The van der Waals surface area contributed by atoms with Gasteiger partial charge in [0.2, 0.25) is 5.76 Å². The maximum absolute atomic E-state index is 11.9. The fourth-order valence-electron chi connectivity index (χ4n) is 1.78. The minimum atomic E-state index is -0.598. The summed E-state index contributed by atoms with van der Waals surface area (Å²) in [6, 6.07) is 8.18. The van der Waals surface area contributed by atoms with Crippen molar-refractivity contribution in [3.8, 4) is 11.5 Å². The van der Waals surface area contributed by atoms with Crippen LogP contribution in [0.1, 0.15) is 16.1 Å². The van der Waals surface area contributed by atoms with Crippen LogP contribution >= 0.6 is 0 Å². The predicted molar refractivity (Wildman–Crippen MR) is 79.7 cm³/mol. The van der Waals surface area contributed by atoms with E-state index in [1.165, 1.54) is 36.8 Å². The summed E-state index contributed by atoms with van der Waals surface area (Å²) >= 11 is 0. The molecule has 3 rings (SSSR count). The fourth-order valence-corrected chi connectivity index (χ4v) is 1.78. The summed E-state index contributed by atoms with van der Waals surface area (Å²) in [6.45, 7) is 0. The average Bonchev–Trinajstić information content (AvgIpc) is 3.27. The molecule has 0 atom stereocenters. The molecule has 1 aromatic carbocycles. The maximum atomic E-state index is 11.9. The molecule has 23 heavy (non-hydrogen) atoms. The van der Waals surface area contributed by atoms with Crippen molar-refractivity contribution in [2.45, 2.75) is 0 Å². The van der Waals surface area contributed by atoms with Gasteiger partial charge in [0.15, 0.2) is 11.5 Å². The Kier molecular flexibility index (Phi) is 4.14. The molecule has 0 unspecified atom stereocenters. The van der Waals surface area contributed by atoms with E-state index in [9.17, 15) is 4.79 Å². The summed E-state index contributed by atoms with van der Waals surface area (Å²) in [5.41, 5.74) is 0.758. The van der Waals surface area contributed by atoms with Crippen molar-refractivity contribution >= 4 is 12.2 Å². The lowest BCUT2D eigenvalue weighted by atomic mass is 10.2. The number of nitrogens with zero attached hydrogens (tertiary/aromatic N) is 4. The third-order valence-corrected chi connectivity index (χ3v) is 2.86. The molecule has 0 bridgehead atoms. The number of esters is 1. The maximum Gasteiger partial charge on any atom is 0.379 e. The summed E-state index contributed by atoms with van der Waals surface area (Å²) < 4.78 is 16.9. The molecule has 8 nitrogen and oxygen atoms in total. The number of rotatable bonds is 5. The fraction of sp³-hybridized carbons (Fsp3) is 0.0667. The highest BCUT2D eigenvalue weighted by atomic mass is 16.6. The third kappa shape index (κ3) is 3.43. The Morgan fingerprint density at radius 3 is 2.78 bits per heavy atom. The summed E-state index contributed by atoms with van der Waals surface area (Å²) in [5.74, 6) is 0.206. The third-order valence-electron chi connectivity index (χ3n) is 2.86. The molecular formula is C15H12N4O4. The van der Waals surface area contributed by atoms with E-state index in [0.717, 1.165) is 5.56 Å². The van der Waals surface area contributed by atoms with Gasteiger partial charge < -0.3 is 13.9 Å². The van der Waals surface area contributed by atoms with E-state index >= 15 is 0 Å². The monoisotopic (exact) mass is 312 g/mol. The van der Waals surface area contributed by atoms with E-state index in [1.54, 1.807) is 30.5 Å². The average molecular weight is 312 g/mol. The lowest BCUT2D eigenvalue weighted by molar-refractivity contribution is 0.0696.